The number of carbonyl (C=O) groups excluding carboxylic acids is 1. The third-order valence-electron chi connectivity index (χ3n) is 3.92. The number of allylic oxidation sites excluding steroid dienone is 1. The molecular weight excluding hydrogens is 412 g/mol. The highest BCUT2D eigenvalue weighted by atomic mass is 79.9. The van der Waals surface area contributed by atoms with Gasteiger partial charge in [0.15, 0.2) is 10.9 Å². The molecule has 3 aromatic rings. The van der Waals surface area contributed by atoms with E-state index in [0.29, 0.717) is 28.2 Å². The van der Waals surface area contributed by atoms with Gasteiger partial charge in [0.05, 0.1) is 16.2 Å². The van der Waals surface area contributed by atoms with Gasteiger partial charge in [-0.25, -0.2) is 4.98 Å². The lowest BCUT2D eigenvalue weighted by Crippen LogP contribution is -2.24. The Hall–Kier alpha value is -2.18. The van der Waals surface area contributed by atoms with E-state index in [2.05, 4.69) is 27.5 Å². The first-order chi connectivity index (χ1) is 12.5. The van der Waals surface area contributed by atoms with Gasteiger partial charge >= 0.3 is 0 Å². The second-order valence-corrected chi connectivity index (χ2v) is 7.97. The van der Waals surface area contributed by atoms with Crippen molar-refractivity contribution < 1.29 is 4.79 Å². The molecule has 0 amide bonds. The van der Waals surface area contributed by atoms with Gasteiger partial charge in [0.25, 0.3) is 5.56 Å². The number of hydrogen-bond acceptors (Lipinski definition) is 4. The second kappa shape index (κ2) is 8.01. The Balaban J connectivity index is 1.97. The van der Waals surface area contributed by atoms with E-state index >= 15 is 0 Å². The van der Waals surface area contributed by atoms with Gasteiger partial charge in [-0.05, 0) is 31.2 Å². The van der Waals surface area contributed by atoms with Crippen LogP contribution in [0, 0.1) is 0 Å². The molecule has 1 aromatic heterocycles. The molecule has 0 saturated heterocycles. The van der Waals surface area contributed by atoms with Crippen LogP contribution in [0.15, 0.2) is 75.6 Å². The lowest BCUT2D eigenvalue weighted by Gasteiger charge is -2.15. The molecule has 0 unspecified atom stereocenters. The van der Waals surface area contributed by atoms with E-state index in [0.717, 1.165) is 4.47 Å². The Labute approximate surface area is 164 Å². The van der Waals surface area contributed by atoms with Gasteiger partial charge in [-0.2, -0.15) is 0 Å². The van der Waals surface area contributed by atoms with Crippen molar-refractivity contribution >= 4 is 44.4 Å². The Bertz CT molecular complexity index is 1030. The SMILES string of the molecule is C=CCn1c(S[C@H](C)C(=O)c2ccc(Br)cc2)nc2ccccc2c1=O. The monoisotopic (exact) mass is 428 g/mol. The standard InChI is InChI=1S/C20H17BrN2O2S/c1-3-12-23-19(25)16-6-4-5-7-17(16)22-20(23)26-13(2)18(24)14-8-10-15(21)11-9-14/h3-11,13H,1,12H2,2H3/t13-/m1/s1. The van der Waals surface area contributed by atoms with E-state index in [4.69, 9.17) is 0 Å². The van der Waals surface area contributed by atoms with Gasteiger partial charge in [0.1, 0.15) is 0 Å². The minimum Gasteiger partial charge on any atom is -0.293 e. The topological polar surface area (TPSA) is 52.0 Å². The van der Waals surface area contributed by atoms with Gasteiger partial charge < -0.3 is 0 Å². The fraction of sp³-hybridized carbons (Fsp3) is 0.150. The van der Waals surface area contributed by atoms with Crippen molar-refractivity contribution in [3.63, 3.8) is 0 Å². The van der Waals surface area contributed by atoms with E-state index in [1.807, 2.05) is 31.2 Å². The third kappa shape index (κ3) is 3.81. The lowest BCUT2D eigenvalue weighted by molar-refractivity contribution is 0.0994. The number of hydrogen-bond donors (Lipinski definition) is 0. The zero-order valence-electron chi connectivity index (χ0n) is 14.2. The molecule has 0 radical (unpaired) electrons. The molecule has 1 heterocycles. The van der Waals surface area contributed by atoms with Crippen molar-refractivity contribution in [2.45, 2.75) is 23.9 Å². The van der Waals surface area contributed by atoms with Gasteiger partial charge in [0.2, 0.25) is 0 Å². The number of ketones is 1. The van der Waals surface area contributed by atoms with Crippen molar-refractivity contribution in [2.75, 3.05) is 0 Å². The third-order valence-corrected chi connectivity index (χ3v) is 5.54. The Morgan fingerprint density at radius 2 is 1.96 bits per heavy atom. The first kappa shape index (κ1) is 18.6. The molecule has 0 saturated carbocycles. The average Bonchev–Trinajstić information content (AvgIpc) is 2.65. The molecule has 0 spiro atoms. The first-order valence-electron chi connectivity index (χ1n) is 8.08. The van der Waals surface area contributed by atoms with Crippen LogP contribution < -0.4 is 5.56 Å². The summed E-state index contributed by atoms with van der Waals surface area (Å²) in [5, 5.41) is 0.706. The molecule has 0 fully saturated rings. The molecule has 0 aliphatic rings. The van der Waals surface area contributed by atoms with Crippen molar-refractivity contribution in [3.05, 3.63) is 81.6 Å². The molecule has 4 nitrogen and oxygen atoms in total. The van der Waals surface area contributed by atoms with Crippen LogP contribution in [0.5, 0.6) is 0 Å². The number of rotatable bonds is 6. The number of fused-ring (bicyclic) bond motifs is 1. The summed E-state index contributed by atoms with van der Waals surface area (Å²) < 4.78 is 2.48. The normalized spacial score (nSPS) is 12.1. The number of nitrogens with zero attached hydrogens (tertiary/aromatic N) is 2. The quantitative estimate of drug-likeness (QED) is 0.247. The predicted molar refractivity (Wildman–Crippen MR) is 110 cm³/mol. The van der Waals surface area contributed by atoms with E-state index in [1.54, 1.807) is 34.9 Å². The summed E-state index contributed by atoms with van der Waals surface area (Å²) in [6.07, 6.45) is 1.66. The second-order valence-electron chi connectivity index (χ2n) is 5.75. The average molecular weight is 429 g/mol. The predicted octanol–water partition coefficient (Wildman–Crippen LogP) is 4.71. The van der Waals surface area contributed by atoms with E-state index in [-0.39, 0.29) is 16.6 Å². The minimum atomic E-state index is -0.375. The maximum Gasteiger partial charge on any atom is 0.262 e. The van der Waals surface area contributed by atoms with Crippen LogP contribution in [0.1, 0.15) is 17.3 Å². The first-order valence-corrected chi connectivity index (χ1v) is 9.75. The highest BCUT2D eigenvalue weighted by Gasteiger charge is 2.20. The molecular formula is C20H17BrN2O2S. The van der Waals surface area contributed by atoms with Crippen LogP contribution in [0.25, 0.3) is 10.9 Å². The Kier molecular flexibility index (Phi) is 5.74. The summed E-state index contributed by atoms with van der Waals surface area (Å²) in [7, 11) is 0. The van der Waals surface area contributed by atoms with Crippen LogP contribution in [0.2, 0.25) is 0 Å². The van der Waals surface area contributed by atoms with Gasteiger partial charge in [-0.1, -0.05) is 58.0 Å². The molecule has 0 aliphatic carbocycles. The molecule has 26 heavy (non-hydrogen) atoms. The number of benzene rings is 2. The summed E-state index contributed by atoms with van der Waals surface area (Å²) in [6, 6.07) is 14.5. The van der Waals surface area contributed by atoms with Crippen LogP contribution in [0.4, 0.5) is 0 Å². The molecule has 0 aliphatic heterocycles. The maximum absolute atomic E-state index is 12.8. The smallest absolute Gasteiger partial charge is 0.262 e. The van der Waals surface area contributed by atoms with E-state index in [9.17, 15) is 9.59 Å². The van der Waals surface area contributed by atoms with Crippen LogP contribution in [-0.4, -0.2) is 20.6 Å². The fourth-order valence-corrected chi connectivity index (χ4v) is 3.85. The Morgan fingerprint density at radius 1 is 1.27 bits per heavy atom. The number of halogens is 1. The fourth-order valence-electron chi connectivity index (χ4n) is 2.59. The van der Waals surface area contributed by atoms with Crippen molar-refractivity contribution in [1.82, 2.24) is 9.55 Å². The molecule has 2 aromatic carbocycles. The zero-order valence-corrected chi connectivity index (χ0v) is 16.6. The maximum atomic E-state index is 12.8. The molecule has 6 heteroatoms. The van der Waals surface area contributed by atoms with Gasteiger partial charge in [0, 0.05) is 16.6 Å². The number of carbonyl (C=O) groups is 1. The Morgan fingerprint density at radius 3 is 2.65 bits per heavy atom. The molecule has 1 atom stereocenters. The van der Waals surface area contributed by atoms with Crippen LogP contribution in [0.3, 0.4) is 0 Å². The van der Waals surface area contributed by atoms with Crippen LogP contribution >= 0.6 is 27.7 Å². The summed E-state index contributed by atoms with van der Waals surface area (Å²) in [5.41, 5.74) is 1.14. The highest BCUT2D eigenvalue weighted by Crippen LogP contribution is 2.25. The molecule has 0 N–H and O–H groups in total. The summed E-state index contributed by atoms with van der Waals surface area (Å²) >= 11 is 4.66. The number of para-hydroxylation sites is 1. The molecule has 132 valence electrons. The number of thioether (sulfide) groups is 1. The number of Topliss-reactive ketones (excluding diaryl/α,β-unsaturated/α-hetero) is 1. The van der Waals surface area contributed by atoms with E-state index in [1.165, 1.54) is 11.8 Å². The van der Waals surface area contributed by atoms with Gasteiger partial charge in [-0.3, -0.25) is 14.2 Å². The molecule has 0 bridgehead atoms. The summed E-state index contributed by atoms with van der Waals surface area (Å²) in [4.78, 5) is 30.1. The van der Waals surface area contributed by atoms with Crippen molar-refractivity contribution in [3.8, 4) is 0 Å². The molecule has 3 rings (SSSR count). The minimum absolute atomic E-state index is 0.00457. The van der Waals surface area contributed by atoms with Crippen molar-refractivity contribution in [1.29, 1.82) is 0 Å². The van der Waals surface area contributed by atoms with Crippen molar-refractivity contribution in [2.24, 2.45) is 0 Å². The van der Waals surface area contributed by atoms with E-state index < -0.39 is 0 Å². The number of aromatic nitrogens is 2. The van der Waals surface area contributed by atoms with Crippen LogP contribution in [-0.2, 0) is 6.54 Å². The summed E-state index contributed by atoms with van der Waals surface area (Å²) in [6.45, 7) is 5.89. The van der Waals surface area contributed by atoms with Gasteiger partial charge in [-0.15, -0.1) is 6.58 Å². The lowest BCUT2D eigenvalue weighted by atomic mass is 10.1. The largest absolute Gasteiger partial charge is 0.293 e. The highest BCUT2D eigenvalue weighted by molar-refractivity contribution is 9.10. The zero-order chi connectivity index (χ0) is 18.7. The summed E-state index contributed by atoms with van der Waals surface area (Å²) in [5.74, 6) is -0.00457.